The summed E-state index contributed by atoms with van der Waals surface area (Å²) in [6.07, 6.45) is 4.10. The largest absolute Gasteiger partial charge is 0.490 e. The molecule has 2 rings (SSSR count). The summed E-state index contributed by atoms with van der Waals surface area (Å²) in [6.45, 7) is 4.50. The Bertz CT molecular complexity index is 522. The van der Waals surface area contributed by atoms with Crippen molar-refractivity contribution in [1.29, 1.82) is 0 Å². The Morgan fingerprint density at radius 2 is 1.95 bits per heavy atom. The van der Waals surface area contributed by atoms with Crippen LogP contribution >= 0.6 is 11.6 Å². The fraction of sp³-hybridized carbons (Fsp3) is 0.556. The molecule has 0 saturated heterocycles. The summed E-state index contributed by atoms with van der Waals surface area (Å²) in [5.41, 5.74) is 0.401. The van der Waals surface area contributed by atoms with Gasteiger partial charge in [-0.2, -0.15) is 0 Å². The summed E-state index contributed by atoms with van der Waals surface area (Å²) in [4.78, 5) is 0. The van der Waals surface area contributed by atoms with E-state index in [0.717, 1.165) is 12.8 Å². The third-order valence-electron chi connectivity index (χ3n) is 3.82. The van der Waals surface area contributed by atoms with E-state index < -0.39 is 0 Å². The minimum absolute atomic E-state index is 0.191. The van der Waals surface area contributed by atoms with Gasteiger partial charge in [0, 0.05) is 18.4 Å². The first-order chi connectivity index (χ1) is 10.1. The van der Waals surface area contributed by atoms with Crippen molar-refractivity contribution < 1.29 is 9.13 Å². The number of halogens is 2. The lowest BCUT2D eigenvalue weighted by Gasteiger charge is -2.31. The molecule has 1 aliphatic rings. The molecule has 0 spiro atoms. The van der Waals surface area contributed by atoms with Gasteiger partial charge in [-0.25, -0.2) is 4.39 Å². The molecule has 1 saturated carbocycles. The van der Waals surface area contributed by atoms with E-state index in [0.29, 0.717) is 35.4 Å². The number of hydrogen-bond acceptors (Lipinski definition) is 1. The quantitative estimate of drug-likeness (QED) is 0.563. The van der Waals surface area contributed by atoms with Crippen LogP contribution in [0.4, 0.5) is 4.39 Å². The van der Waals surface area contributed by atoms with Crippen molar-refractivity contribution in [1.82, 2.24) is 0 Å². The Morgan fingerprint density at radius 3 is 2.57 bits per heavy atom. The van der Waals surface area contributed by atoms with E-state index in [4.69, 9.17) is 16.3 Å². The highest BCUT2D eigenvalue weighted by atomic mass is 35.5. The minimum Gasteiger partial charge on any atom is -0.490 e. The van der Waals surface area contributed by atoms with Gasteiger partial charge < -0.3 is 4.74 Å². The van der Waals surface area contributed by atoms with Crippen LogP contribution in [0.5, 0.6) is 5.75 Å². The summed E-state index contributed by atoms with van der Waals surface area (Å²) < 4.78 is 19.9. The van der Waals surface area contributed by atoms with Crippen molar-refractivity contribution in [2.24, 2.45) is 11.8 Å². The zero-order valence-corrected chi connectivity index (χ0v) is 13.4. The van der Waals surface area contributed by atoms with Crippen molar-refractivity contribution >= 4 is 11.6 Å². The molecule has 0 aromatic heterocycles. The third kappa shape index (κ3) is 4.93. The molecule has 2 atom stereocenters. The molecule has 0 radical (unpaired) electrons. The predicted octanol–water partition coefficient (Wildman–Crippen LogP) is 5.01. The molecule has 3 heteroatoms. The first-order valence-electron chi connectivity index (χ1n) is 7.59. The van der Waals surface area contributed by atoms with Crippen molar-refractivity contribution in [2.45, 2.75) is 45.6 Å². The number of hydrogen-bond donors (Lipinski definition) is 0. The normalized spacial score (nSPS) is 25.0. The summed E-state index contributed by atoms with van der Waals surface area (Å²) in [6, 6.07) is 4.92. The Kier molecular flexibility index (Phi) is 5.94. The molecule has 0 N–H and O–H groups in total. The zero-order chi connectivity index (χ0) is 15.2. The topological polar surface area (TPSA) is 9.23 Å². The highest BCUT2D eigenvalue weighted by molar-refractivity contribution is 6.18. The standard InChI is InChI=1S/C18H22ClFO/c1-13-9-14(2)11-17(10-13)21-16-7-6-15(18(20)12-16)5-3-4-8-19/h6-7,12-14,17H,4,8-11H2,1-2H3. The van der Waals surface area contributed by atoms with Crippen molar-refractivity contribution in [3.8, 4) is 17.6 Å². The van der Waals surface area contributed by atoms with Gasteiger partial charge >= 0.3 is 0 Å². The first kappa shape index (κ1) is 16.2. The van der Waals surface area contributed by atoms with Crippen molar-refractivity contribution in [2.75, 3.05) is 5.88 Å². The van der Waals surface area contributed by atoms with Crippen molar-refractivity contribution in [3.63, 3.8) is 0 Å². The first-order valence-corrected chi connectivity index (χ1v) is 8.13. The summed E-state index contributed by atoms with van der Waals surface area (Å²) in [7, 11) is 0. The average Bonchev–Trinajstić information content (AvgIpc) is 2.40. The lowest BCUT2D eigenvalue weighted by molar-refractivity contribution is 0.101. The molecule has 1 nitrogen and oxygen atoms in total. The molecule has 114 valence electrons. The van der Waals surface area contributed by atoms with E-state index in [1.54, 1.807) is 12.1 Å². The molecule has 2 unspecified atom stereocenters. The van der Waals surface area contributed by atoms with Crippen LogP contribution in [0.25, 0.3) is 0 Å². The van der Waals surface area contributed by atoms with E-state index in [2.05, 4.69) is 25.7 Å². The maximum Gasteiger partial charge on any atom is 0.142 e. The Morgan fingerprint density at radius 1 is 1.24 bits per heavy atom. The van der Waals surface area contributed by atoms with Gasteiger partial charge in [0.05, 0.1) is 11.7 Å². The Hall–Kier alpha value is -1.20. The second-order valence-electron chi connectivity index (χ2n) is 6.04. The van der Waals surface area contributed by atoms with Crippen LogP contribution in [0.2, 0.25) is 0 Å². The molecule has 1 aliphatic carbocycles. The van der Waals surface area contributed by atoms with Gasteiger partial charge in [-0.15, -0.1) is 11.6 Å². The molecular formula is C18H22ClFO. The number of benzene rings is 1. The molecule has 1 fully saturated rings. The highest BCUT2D eigenvalue weighted by Crippen LogP contribution is 2.31. The van der Waals surface area contributed by atoms with E-state index in [-0.39, 0.29) is 11.9 Å². The molecule has 0 heterocycles. The van der Waals surface area contributed by atoms with Gasteiger partial charge in [-0.3, -0.25) is 0 Å². The van der Waals surface area contributed by atoms with Crippen LogP contribution in [0.3, 0.4) is 0 Å². The Balaban J connectivity index is 2.02. The van der Waals surface area contributed by atoms with Crippen LogP contribution in [-0.2, 0) is 0 Å². The van der Waals surface area contributed by atoms with Gasteiger partial charge in [0.2, 0.25) is 0 Å². The lowest BCUT2D eigenvalue weighted by atomic mass is 9.82. The van der Waals surface area contributed by atoms with Crippen LogP contribution in [0.1, 0.15) is 45.1 Å². The minimum atomic E-state index is -0.327. The van der Waals surface area contributed by atoms with Gasteiger partial charge in [-0.05, 0) is 43.2 Å². The molecule has 1 aromatic rings. The molecule has 0 aliphatic heterocycles. The fourth-order valence-electron chi connectivity index (χ4n) is 3.04. The second-order valence-corrected chi connectivity index (χ2v) is 6.42. The summed E-state index contributed by atoms with van der Waals surface area (Å²) in [5, 5.41) is 0. The van der Waals surface area contributed by atoms with Crippen molar-refractivity contribution in [3.05, 3.63) is 29.6 Å². The lowest BCUT2D eigenvalue weighted by Crippen LogP contribution is -2.28. The van der Waals surface area contributed by atoms with Gasteiger partial charge in [0.1, 0.15) is 11.6 Å². The highest BCUT2D eigenvalue weighted by Gasteiger charge is 2.25. The van der Waals surface area contributed by atoms with E-state index in [1.807, 2.05) is 0 Å². The van der Waals surface area contributed by atoms with Crippen LogP contribution in [0.15, 0.2) is 18.2 Å². The van der Waals surface area contributed by atoms with E-state index in [9.17, 15) is 4.39 Å². The maximum absolute atomic E-state index is 14.0. The third-order valence-corrected chi connectivity index (χ3v) is 4.01. The zero-order valence-electron chi connectivity index (χ0n) is 12.7. The molecule has 0 amide bonds. The second kappa shape index (κ2) is 7.71. The van der Waals surface area contributed by atoms with Gasteiger partial charge in [-0.1, -0.05) is 25.7 Å². The maximum atomic E-state index is 14.0. The van der Waals surface area contributed by atoms with Crippen LogP contribution in [0, 0.1) is 29.5 Å². The van der Waals surface area contributed by atoms with Crippen LogP contribution in [-0.4, -0.2) is 12.0 Å². The molecular weight excluding hydrogens is 287 g/mol. The van der Waals surface area contributed by atoms with E-state index >= 15 is 0 Å². The Labute approximate surface area is 131 Å². The smallest absolute Gasteiger partial charge is 0.142 e. The molecule has 1 aromatic carbocycles. The number of rotatable bonds is 3. The van der Waals surface area contributed by atoms with Gasteiger partial charge in [0.15, 0.2) is 0 Å². The predicted molar refractivity (Wildman–Crippen MR) is 85.2 cm³/mol. The monoisotopic (exact) mass is 308 g/mol. The van der Waals surface area contributed by atoms with E-state index in [1.165, 1.54) is 12.5 Å². The van der Waals surface area contributed by atoms with Gasteiger partial charge in [0.25, 0.3) is 0 Å². The summed E-state index contributed by atoms with van der Waals surface area (Å²) >= 11 is 5.55. The SMILES string of the molecule is CC1CC(C)CC(Oc2ccc(C#CCCCl)c(F)c2)C1. The fourth-order valence-corrected chi connectivity index (χ4v) is 3.13. The molecule has 0 bridgehead atoms. The van der Waals surface area contributed by atoms with Crippen LogP contribution < -0.4 is 4.74 Å². The number of ether oxygens (including phenoxy) is 1. The molecule has 21 heavy (non-hydrogen) atoms. The summed E-state index contributed by atoms with van der Waals surface area (Å²) in [5.74, 6) is 7.71. The average molecular weight is 309 g/mol. The number of alkyl halides is 1.